The molecule has 186 valence electrons. The summed E-state index contributed by atoms with van der Waals surface area (Å²) in [6.45, 7) is 6.62. The van der Waals surface area contributed by atoms with E-state index in [4.69, 9.17) is 14.2 Å². The van der Waals surface area contributed by atoms with Gasteiger partial charge in [0, 0.05) is 35.1 Å². The molecule has 0 N–H and O–H groups in total. The Hall–Kier alpha value is -3.32. The smallest absolute Gasteiger partial charge is 0.245 e. The molecule has 3 aromatic carbocycles. The molecular weight excluding hydrogens is 520 g/mol. The van der Waals surface area contributed by atoms with E-state index >= 15 is 0 Å². The number of methoxy groups -OCH3 is 1. The maximum atomic E-state index is 13.2. The fourth-order valence-corrected chi connectivity index (χ4v) is 5.24. The summed E-state index contributed by atoms with van der Waals surface area (Å²) < 4.78 is 21.6. The van der Waals surface area contributed by atoms with Crippen LogP contribution in [0.1, 0.15) is 38.2 Å². The number of halogens is 1. The summed E-state index contributed by atoms with van der Waals surface area (Å²) >= 11 is 0. The van der Waals surface area contributed by atoms with Crippen LogP contribution in [0.15, 0.2) is 48.8 Å². The van der Waals surface area contributed by atoms with E-state index < -0.39 is 0 Å². The van der Waals surface area contributed by atoms with Gasteiger partial charge >= 0.3 is 0 Å². The van der Waals surface area contributed by atoms with Crippen molar-refractivity contribution in [2.24, 2.45) is 0 Å². The van der Waals surface area contributed by atoms with Gasteiger partial charge in [-0.3, -0.25) is 4.79 Å². The Labute approximate surface area is 221 Å². The maximum absolute atomic E-state index is 13.2. The lowest BCUT2D eigenvalue weighted by Gasteiger charge is -2.11. The molecule has 4 aromatic rings. The first-order valence-electron chi connectivity index (χ1n) is 12.1. The Morgan fingerprint density at radius 3 is 2.56 bits per heavy atom. The van der Waals surface area contributed by atoms with Gasteiger partial charge in [-0.1, -0.05) is 0 Å². The SMILES string of the molecule is COc1ccc(C(=O)Cn2c[n+](Cc3c4c(cc5c3OCC5)OCC4)c3cc(C)c(C)cc32)cc1.[Br-]. The number of aryl methyl sites for hydroxylation is 2. The molecule has 0 fully saturated rings. The number of aromatic nitrogens is 2. The summed E-state index contributed by atoms with van der Waals surface area (Å²) in [5.41, 5.74) is 8.95. The number of carbonyl (C=O) groups is 1. The summed E-state index contributed by atoms with van der Waals surface area (Å²) in [4.78, 5) is 13.2. The number of hydrogen-bond acceptors (Lipinski definition) is 4. The van der Waals surface area contributed by atoms with Crippen molar-refractivity contribution >= 4 is 16.8 Å². The number of rotatable bonds is 6. The number of ketones is 1. The second kappa shape index (κ2) is 9.62. The van der Waals surface area contributed by atoms with E-state index in [1.165, 1.54) is 27.8 Å². The number of nitrogens with zero attached hydrogens (tertiary/aromatic N) is 2. The fraction of sp³-hybridized carbons (Fsp3) is 0.310. The minimum Gasteiger partial charge on any atom is -1.00 e. The third-order valence-corrected chi connectivity index (χ3v) is 7.30. The van der Waals surface area contributed by atoms with Crippen LogP contribution in [0.4, 0.5) is 0 Å². The number of carbonyl (C=O) groups excluding carboxylic acids is 1. The largest absolute Gasteiger partial charge is 1.00 e. The number of hydrogen-bond donors (Lipinski definition) is 0. The molecule has 0 spiro atoms. The van der Waals surface area contributed by atoms with E-state index in [1.54, 1.807) is 7.11 Å². The highest BCUT2D eigenvalue weighted by Gasteiger charge is 2.29. The van der Waals surface area contributed by atoms with Crippen LogP contribution in [0.2, 0.25) is 0 Å². The minimum absolute atomic E-state index is 0. The molecule has 2 aliphatic rings. The second-order valence-corrected chi connectivity index (χ2v) is 9.47. The zero-order valence-corrected chi connectivity index (χ0v) is 22.4. The zero-order chi connectivity index (χ0) is 24.1. The van der Waals surface area contributed by atoms with Gasteiger partial charge in [-0.2, -0.15) is 0 Å². The zero-order valence-electron chi connectivity index (χ0n) is 20.8. The van der Waals surface area contributed by atoms with E-state index in [9.17, 15) is 4.79 Å². The van der Waals surface area contributed by atoms with Crippen LogP contribution in [0.25, 0.3) is 11.0 Å². The molecule has 6 nitrogen and oxygen atoms in total. The van der Waals surface area contributed by atoms with E-state index in [0.29, 0.717) is 25.3 Å². The Bertz CT molecular complexity index is 1440. The van der Waals surface area contributed by atoms with E-state index in [-0.39, 0.29) is 29.3 Å². The van der Waals surface area contributed by atoms with Gasteiger partial charge in [0.2, 0.25) is 12.1 Å². The lowest BCUT2D eigenvalue weighted by atomic mass is 9.99. The van der Waals surface area contributed by atoms with Crippen molar-refractivity contribution in [2.45, 2.75) is 39.8 Å². The Kier molecular flexibility index (Phi) is 6.51. The van der Waals surface area contributed by atoms with Crippen LogP contribution in [-0.4, -0.2) is 30.7 Å². The molecule has 0 saturated carbocycles. The number of Topliss-reactive ketones (excluding diaryl/α,β-unsaturated/α-hetero) is 1. The molecule has 36 heavy (non-hydrogen) atoms. The van der Waals surface area contributed by atoms with Gasteiger partial charge in [-0.05, 0) is 67.4 Å². The standard InChI is InChI=1S/C29H29N2O4.BrH/c1-18-12-25-26(13-19(18)2)31(16-27(32)20-4-6-22(33-3)7-5-20)17-30(25)15-24-23-9-11-34-28(23)14-21-8-10-35-29(21)24;/h4-7,12-14,17H,8-11,15-16H2,1-3H3;1H/q+1;/p-1. The highest BCUT2D eigenvalue weighted by molar-refractivity contribution is 5.96. The number of fused-ring (bicyclic) bond motifs is 3. The van der Waals surface area contributed by atoms with Gasteiger partial charge in [0.25, 0.3) is 0 Å². The molecule has 0 radical (unpaired) electrons. The molecule has 3 heterocycles. The molecule has 2 aliphatic heterocycles. The average molecular weight is 549 g/mol. The van der Waals surface area contributed by atoms with Crippen LogP contribution in [0.3, 0.4) is 0 Å². The predicted octanol–water partition coefficient (Wildman–Crippen LogP) is 1.36. The quantitative estimate of drug-likeness (QED) is 0.270. The molecule has 0 bridgehead atoms. The summed E-state index contributed by atoms with van der Waals surface area (Å²) in [6.07, 6.45) is 3.89. The van der Waals surface area contributed by atoms with Crippen LogP contribution < -0.4 is 35.8 Å². The van der Waals surface area contributed by atoms with Crippen LogP contribution >= 0.6 is 0 Å². The van der Waals surface area contributed by atoms with Crippen LogP contribution in [-0.2, 0) is 25.9 Å². The Morgan fingerprint density at radius 1 is 1.03 bits per heavy atom. The van der Waals surface area contributed by atoms with Crippen molar-refractivity contribution in [3.8, 4) is 17.2 Å². The first-order valence-corrected chi connectivity index (χ1v) is 12.1. The molecule has 0 aliphatic carbocycles. The van der Waals surface area contributed by atoms with Gasteiger partial charge in [-0.15, -0.1) is 0 Å². The van der Waals surface area contributed by atoms with Crippen molar-refractivity contribution < 1.29 is 40.6 Å². The Balaban J connectivity index is 0.00000267. The minimum atomic E-state index is 0. The summed E-state index contributed by atoms with van der Waals surface area (Å²) in [5.74, 6) is 2.82. The van der Waals surface area contributed by atoms with Crippen molar-refractivity contribution in [1.29, 1.82) is 0 Å². The molecule has 0 atom stereocenters. The fourth-order valence-electron chi connectivity index (χ4n) is 5.24. The van der Waals surface area contributed by atoms with E-state index in [0.717, 1.165) is 41.1 Å². The van der Waals surface area contributed by atoms with Crippen LogP contribution in [0.5, 0.6) is 17.2 Å². The highest BCUT2D eigenvalue weighted by Crippen LogP contribution is 2.40. The third-order valence-electron chi connectivity index (χ3n) is 7.30. The van der Waals surface area contributed by atoms with Gasteiger partial charge in [0.15, 0.2) is 17.6 Å². The van der Waals surface area contributed by atoms with E-state index in [1.807, 2.05) is 24.3 Å². The number of ether oxygens (including phenoxy) is 3. The summed E-state index contributed by atoms with van der Waals surface area (Å²) in [7, 11) is 1.63. The van der Waals surface area contributed by atoms with Gasteiger partial charge < -0.3 is 31.2 Å². The number of imidazole rings is 1. The molecule has 0 saturated heterocycles. The monoisotopic (exact) mass is 548 g/mol. The predicted molar refractivity (Wildman–Crippen MR) is 133 cm³/mol. The first kappa shape index (κ1) is 24.4. The topological polar surface area (TPSA) is 53.6 Å². The lowest BCUT2D eigenvalue weighted by molar-refractivity contribution is -0.663. The third kappa shape index (κ3) is 4.15. The van der Waals surface area contributed by atoms with Crippen molar-refractivity contribution in [3.05, 3.63) is 82.2 Å². The second-order valence-electron chi connectivity index (χ2n) is 9.47. The summed E-state index contributed by atoms with van der Waals surface area (Å²) in [6, 6.07) is 13.9. The van der Waals surface area contributed by atoms with Gasteiger partial charge in [-0.25, -0.2) is 9.13 Å². The van der Waals surface area contributed by atoms with Gasteiger partial charge in [0.05, 0.1) is 20.3 Å². The number of benzene rings is 3. The maximum Gasteiger partial charge on any atom is 0.245 e. The normalized spacial score (nSPS) is 13.5. The molecule has 1 aromatic heterocycles. The average Bonchev–Trinajstić information content (AvgIpc) is 3.59. The summed E-state index contributed by atoms with van der Waals surface area (Å²) in [5, 5.41) is 0. The van der Waals surface area contributed by atoms with Crippen molar-refractivity contribution in [2.75, 3.05) is 20.3 Å². The first-order chi connectivity index (χ1) is 17.0. The molecule has 7 heteroatoms. The molecule has 0 amide bonds. The van der Waals surface area contributed by atoms with Crippen LogP contribution in [0, 0.1) is 13.8 Å². The molecular formula is C29H29BrN2O4. The van der Waals surface area contributed by atoms with E-state index in [2.05, 4.69) is 47.5 Å². The highest BCUT2D eigenvalue weighted by atomic mass is 79.9. The van der Waals surface area contributed by atoms with Crippen molar-refractivity contribution in [3.63, 3.8) is 0 Å². The molecule has 0 unspecified atom stereocenters. The lowest BCUT2D eigenvalue weighted by Crippen LogP contribution is -3.00. The molecule has 6 rings (SSSR count). The van der Waals surface area contributed by atoms with Crippen molar-refractivity contribution in [1.82, 2.24) is 4.57 Å². The van der Waals surface area contributed by atoms with Gasteiger partial charge in [0.1, 0.15) is 23.8 Å². The Morgan fingerprint density at radius 2 is 1.78 bits per heavy atom.